The Balaban J connectivity index is 2.19. The van der Waals surface area contributed by atoms with E-state index < -0.39 is 0 Å². The Morgan fingerprint density at radius 3 is 2.37 bits per heavy atom. The van der Waals surface area contributed by atoms with E-state index in [0.717, 1.165) is 11.1 Å². The highest BCUT2D eigenvalue weighted by atomic mass is 19.1. The van der Waals surface area contributed by atoms with Gasteiger partial charge in [-0.1, -0.05) is 24.3 Å². The van der Waals surface area contributed by atoms with Crippen molar-refractivity contribution in [1.29, 1.82) is 0 Å². The highest BCUT2D eigenvalue weighted by Crippen LogP contribution is 2.20. The van der Waals surface area contributed by atoms with Crippen molar-refractivity contribution in [3.05, 3.63) is 70.8 Å². The van der Waals surface area contributed by atoms with Crippen molar-refractivity contribution >= 4 is 0 Å². The number of benzene rings is 2. The zero-order chi connectivity index (χ0) is 13.8. The number of nitrogens with two attached hydrogens (primary N) is 1. The van der Waals surface area contributed by atoms with Gasteiger partial charge in [-0.3, -0.25) is 11.3 Å². The van der Waals surface area contributed by atoms with Gasteiger partial charge in [-0.05, 0) is 48.2 Å². The van der Waals surface area contributed by atoms with Gasteiger partial charge in [-0.2, -0.15) is 0 Å². The van der Waals surface area contributed by atoms with Crippen molar-refractivity contribution in [1.82, 2.24) is 5.43 Å². The SMILES string of the molecule is Cc1ccc(C(Cc2ccc(F)cc2)NN)cc1F. The van der Waals surface area contributed by atoms with Gasteiger partial charge < -0.3 is 0 Å². The van der Waals surface area contributed by atoms with E-state index in [9.17, 15) is 8.78 Å². The van der Waals surface area contributed by atoms with Gasteiger partial charge in [0, 0.05) is 0 Å². The highest BCUT2D eigenvalue weighted by Gasteiger charge is 2.12. The van der Waals surface area contributed by atoms with Gasteiger partial charge in [0.1, 0.15) is 11.6 Å². The number of nitrogens with one attached hydrogen (secondary N) is 1. The first kappa shape index (κ1) is 13.6. The van der Waals surface area contributed by atoms with Crippen molar-refractivity contribution < 1.29 is 8.78 Å². The van der Waals surface area contributed by atoms with Crippen LogP contribution in [0.2, 0.25) is 0 Å². The monoisotopic (exact) mass is 262 g/mol. The van der Waals surface area contributed by atoms with Gasteiger partial charge in [-0.15, -0.1) is 0 Å². The topological polar surface area (TPSA) is 38.0 Å². The van der Waals surface area contributed by atoms with Gasteiger partial charge >= 0.3 is 0 Å². The molecule has 4 heteroatoms. The number of hydrogen-bond acceptors (Lipinski definition) is 2. The number of hydrogen-bond donors (Lipinski definition) is 2. The van der Waals surface area contributed by atoms with Crippen LogP contribution in [0.4, 0.5) is 8.78 Å². The van der Waals surface area contributed by atoms with Crippen molar-refractivity contribution in [3.63, 3.8) is 0 Å². The molecule has 0 aliphatic heterocycles. The smallest absolute Gasteiger partial charge is 0.126 e. The molecule has 0 aliphatic rings. The summed E-state index contributed by atoms with van der Waals surface area (Å²) >= 11 is 0. The molecule has 2 aromatic rings. The second kappa shape index (κ2) is 5.91. The minimum Gasteiger partial charge on any atom is -0.271 e. The number of halogens is 2. The second-order valence-electron chi connectivity index (χ2n) is 4.56. The van der Waals surface area contributed by atoms with Gasteiger partial charge in [0.25, 0.3) is 0 Å². The van der Waals surface area contributed by atoms with Crippen molar-refractivity contribution in [2.45, 2.75) is 19.4 Å². The lowest BCUT2D eigenvalue weighted by atomic mass is 9.98. The molecule has 0 bridgehead atoms. The van der Waals surface area contributed by atoms with Crippen LogP contribution in [0.5, 0.6) is 0 Å². The molecule has 3 N–H and O–H groups in total. The average Bonchev–Trinajstić information content (AvgIpc) is 2.41. The van der Waals surface area contributed by atoms with E-state index in [1.165, 1.54) is 18.2 Å². The molecule has 2 nitrogen and oxygen atoms in total. The minimum absolute atomic E-state index is 0.208. The van der Waals surface area contributed by atoms with Crippen LogP contribution in [-0.4, -0.2) is 0 Å². The third-order valence-electron chi connectivity index (χ3n) is 3.15. The minimum atomic E-state index is -0.276. The van der Waals surface area contributed by atoms with Gasteiger partial charge in [0.2, 0.25) is 0 Å². The summed E-state index contributed by atoms with van der Waals surface area (Å²) in [4.78, 5) is 0. The largest absolute Gasteiger partial charge is 0.271 e. The molecule has 0 spiro atoms. The lowest BCUT2D eigenvalue weighted by molar-refractivity contribution is 0.542. The molecule has 0 aliphatic carbocycles. The van der Waals surface area contributed by atoms with Gasteiger partial charge in [-0.25, -0.2) is 8.78 Å². The summed E-state index contributed by atoms with van der Waals surface area (Å²) in [5.74, 6) is 5.00. The molecule has 0 fully saturated rings. The standard InChI is InChI=1S/C15H16F2N2/c1-10-2-5-12(9-14(10)17)15(19-18)8-11-3-6-13(16)7-4-11/h2-7,9,15,19H,8,18H2,1H3. The van der Waals surface area contributed by atoms with Crippen LogP contribution in [0, 0.1) is 18.6 Å². The Bertz CT molecular complexity index is 553. The Hall–Kier alpha value is -1.78. The van der Waals surface area contributed by atoms with Crippen LogP contribution in [0.1, 0.15) is 22.7 Å². The van der Waals surface area contributed by atoms with Crippen LogP contribution in [-0.2, 0) is 6.42 Å². The number of rotatable bonds is 4. The fourth-order valence-electron chi connectivity index (χ4n) is 1.96. The molecule has 2 rings (SSSR count). The fraction of sp³-hybridized carbons (Fsp3) is 0.200. The Morgan fingerprint density at radius 1 is 1.11 bits per heavy atom. The van der Waals surface area contributed by atoms with Crippen molar-refractivity contribution in [2.24, 2.45) is 5.84 Å². The number of hydrazine groups is 1. The first-order valence-electron chi connectivity index (χ1n) is 6.07. The molecule has 0 heterocycles. The Labute approximate surface area is 111 Å². The summed E-state index contributed by atoms with van der Waals surface area (Å²) in [5.41, 5.74) is 4.97. The van der Waals surface area contributed by atoms with Crippen molar-refractivity contribution in [3.8, 4) is 0 Å². The third kappa shape index (κ3) is 3.36. The van der Waals surface area contributed by atoms with E-state index in [-0.39, 0.29) is 17.7 Å². The lowest BCUT2D eigenvalue weighted by Gasteiger charge is -2.17. The molecule has 2 aromatic carbocycles. The molecule has 0 aromatic heterocycles. The second-order valence-corrected chi connectivity index (χ2v) is 4.56. The maximum Gasteiger partial charge on any atom is 0.126 e. The van der Waals surface area contributed by atoms with E-state index in [0.29, 0.717) is 12.0 Å². The lowest BCUT2D eigenvalue weighted by Crippen LogP contribution is -2.29. The van der Waals surface area contributed by atoms with Crippen LogP contribution >= 0.6 is 0 Å². The summed E-state index contributed by atoms with van der Waals surface area (Å²) in [5, 5.41) is 0. The maximum atomic E-state index is 13.5. The molecular weight excluding hydrogens is 246 g/mol. The first-order valence-corrected chi connectivity index (χ1v) is 6.07. The summed E-state index contributed by atoms with van der Waals surface area (Å²) in [6.45, 7) is 1.71. The Kier molecular flexibility index (Phi) is 4.24. The van der Waals surface area contributed by atoms with E-state index in [4.69, 9.17) is 5.84 Å². The molecule has 19 heavy (non-hydrogen) atoms. The van der Waals surface area contributed by atoms with E-state index in [1.807, 2.05) is 6.07 Å². The predicted octanol–water partition coefficient (Wildman–Crippen LogP) is 3.02. The van der Waals surface area contributed by atoms with Crippen LogP contribution in [0.3, 0.4) is 0 Å². The van der Waals surface area contributed by atoms with Crippen LogP contribution < -0.4 is 11.3 Å². The first-order chi connectivity index (χ1) is 9.10. The van der Waals surface area contributed by atoms with Crippen LogP contribution in [0.15, 0.2) is 42.5 Å². The summed E-state index contributed by atoms with van der Waals surface area (Å²) in [6, 6.07) is 11.0. The normalized spacial score (nSPS) is 12.4. The zero-order valence-corrected chi connectivity index (χ0v) is 10.7. The molecule has 0 radical (unpaired) electrons. The number of aryl methyl sites for hydroxylation is 1. The molecular formula is C15H16F2N2. The molecule has 0 saturated carbocycles. The molecule has 0 saturated heterocycles. The maximum absolute atomic E-state index is 13.5. The quantitative estimate of drug-likeness (QED) is 0.656. The van der Waals surface area contributed by atoms with Crippen molar-refractivity contribution in [2.75, 3.05) is 0 Å². The third-order valence-corrected chi connectivity index (χ3v) is 3.15. The predicted molar refractivity (Wildman–Crippen MR) is 71.3 cm³/mol. The molecule has 100 valence electrons. The summed E-state index contributed by atoms with van der Waals surface area (Å²) in [7, 11) is 0. The highest BCUT2D eigenvalue weighted by molar-refractivity contribution is 5.28. The van der Waals surface area contributed by atoms with E-state index in [1.54, 1.807) is 25.1 Å². The molecule has 1 atom stereocenters. The molecule has 1 unspecified atom stereocenters. The van der Waals surface area contributed by atoms with E-state index >= 15 is 0 Å². The summed E-state index contributed by atoms with van der Waals surface area (Å²) in [6.07, 6.45) is 0.569. The average molecular weight is 262 g/mol. The molecule has 0 amide bonds. The fourth-order valence-corrected chi connectivity index (χ4v) is 1.96. The van der Waals surface area contributed by atoms with Gasteiger partial charge in [0.05, 0.1) is 6.04 Å². The zero-order valence-electron chi connectivity index (χ0n) is 10.7. The van der Waals surface area contributed by atoms with Gasteiger partial charge in [0.15, 0.2) is 0 Å². The van der Waals surface area contributed by atoms with E-state index in [2.05, 4.69) is 5.43 Å². The Morgan fingerprint density at radius 2 is 1.79 bits per heavy atom. The van der Waals surface area contributed by atoms with Crippen LogP contribution in [0.25, 0.3) is 0 Å². The summed E-state index contributed by atoms with van der Waals surface area (Å²) < 4.78 is 26.4.